The summed E-state index contributed by atoms with van der Waals surface area (Å²) in [5.74, 6) is 0.118. The Morgan fingerprint density at radius 3 is 2.33 bits per heavy atom. The van der Waals surface area contributed by atoms with Gasteiger partial charge in [0, 0.05) is 0 Å². The molecule has 0 rings (SSSR count). The molecule has 0 aromatic heterocycles. The molecule has 9 heavy (non-hydrogen) atoms. The molecule has 1 atom stereocenters. The predicted octanol–water partition coefficient (Wildman–Crippen LogP) is 2.95. The van der Waals surface area contributed by atoms with Crippen LogP contribution in [0.15, 0.2) is 12.2 Å². The molecule has 0 saturated heterocycles. The highest BCUT2D eigenvalue weighted by molar-refractivity contribution is 4.89. The van der Waals surface area contributed by atoms with Crippen LogP contribution in [0.1, 0.15) is 27.2 Å². The Bertz CT molecular complexity index is 84.6. The van der Waals surface area contributed by atoms with Crippen LogP contribution in [0.25, 0.3) is 0 Å². The largest absolute Gasteiger partial charge is 0.243 e. The van der Waals surface area contributed by atoms with Gasteiger partial charge in [-0.2, -0.15) is 0 Å². The lowest BCUT2D eigenvalue weighted by Crippen LogP contribution is -2.04. The molecule has 0 bridgehead atoms. The van der Waals surface area contributed by atoms with Crippen molar-refractivity contribution in [2.24, 2.45) is 5.92 Å². The van der Waals surface area contributed by atoms with Gasteiger partial charge in [-0.25, -0.2) is 4.39 Å². The van der Waals surface area contributed by atoms with Gasteiger partial charge in [0.25, 0.3) is 0 Å². The highest BCUT2D eigenvalue weighted by Crippen LogP contribution is 2.07. The molecule has 0 heterocycles. The van der Waals surface area contributed by atoms with Gasteiger partial charge in [0.15, 0.2) is 0 Å². The fraction of sp³-hybridized carbons (Fsp3) is 0.750. The molecule has 0 aromatic rings. The zero-order chi connectivity index (χ0) is 7.28. The van der Waals surface area contributed by atoms with Crippen LogP contribution in [-0.4, -0.2) is 6.17 Å². The number of alkyl halides is 1. The summed E-state index contributed by atoms with van der Waals surface area (Å²) in [6, 6.07) is 0. The molecule has 54 valence electrons. The van der Waals surface area contributed by atoms with Crippen molar-refractivity contribution in [3.63, 3.8) is 0 Å². The van der Waals surface area contributed by atoms with Gasteiger partial charge in [0.2, 0.25) is 0 Å². The van der Waals surface area contributed by atoms with Crippen LogP contribution >= 0.6 is 0 Å². The summed E-state index contributed by atoms with van der Waals surface area (Å²) >= 11 is 0. The monoisotopic (exact) mass is 130 g/mol. The topological polar surface area (TPSA) is 0 Å². The molecular weight excluding hydrogens is 115 g/mol. The van der Waals surface area contributed by atoms with E-state index in [2.05, 4.69) is 0 Å². The standard InChI is InChI=1S/C8H15F/c1-4-5-6-8(9)7(2)3/h5-8H,4H2,1-3H3/b6-5+. The van der Waals surface area contributed by atoms with Crippen molar-refractivity contribution in [3.05, 3.63) is 12.2 Å². The molecule has 0 spiro atoms. The van der Waals surface area contributed by atoms with E-state index >= 15 is 0 Å². The van der Waals surface area contributed by atoms with Crippen molar-refractivity contribution < 1.29 is 4.39 Å². The molecule has 0 N–H and O–H groups in total. The smallest absolute Gasteiger partial charge is 0.121 e. The van der Waals surface area contributed by atoms with E-state index in [1.54, 1.807) is 6.08 Å². The molecule has 1 unspecified atom stereocenters. The van der Waals surface area contributed by atoms with Crippen molar-refractivity contribution in [3.8, 4) is 0 Å². The third kappa shape index (κ3) is 4.19. The molecular formula is C8H15F. The van der Waals surface area contributed by atoms with E-state index in [1.807, 2.05) is 26.8 Å². The van der Waals surface area contributed by atoms with E-state index in [0.717, 1.165) is 6.42 Å². The Morgan fingerprint density at radius 1 is 1.44 bits per heavy atom. The molecule has 0 saturated carbocycles. The molecule has 1 heteroatoms. The number of rotatable bonds is 3. The lowest BCUT2D eigenvalue weighted by Gasteiger charge is -2.04. The maximum atomic E-state index is 12.6. The Hall–Kier alpha value is -0.330. The first kappa shape index (κ1) is 8.67. The van der Waals surface area contributed by atoms with Crippen LogP contribution in [0, 0.1) is 5.92 Å². The molecule has 0 radical (unpaired) electrons. The summed E-state index contributed by atoms with van der Waals surface area (Å²) in [7, 11) is 0. The molecule has 0 aliphatic heterocycles. The Morgan fingerprint density at radius 2 is 2.00 bits per heavy atom. The van der Waals surface area contributed by atoms with Crippen molar-refractivity contribution in [1.82, 2.24) is 0 Å². The summed E-state index contributed by atoms with van der Waals surface area (Å²) in [5, 5.41) is 0. The van der Waals surface area contributed by atoms with E-state index in [1.165, 1.54) is 0 Å². The first-order valence-corrected chi connectivity index (χ1v) is 3.49. The predicted molar refractivity (Wildman–Crippen MR) is 39.2 cm³/mol. The minimum Gasteiger partial charge on any atom is -0.243 e. The van der Waals surface area contributed by atoms with Gasteiger partial charge >= 0.3 is 0 Å². The number of halogens is 1. The van der Waals surface area contributed by atoms with Gasteiger partial charge in [0.05, 0.1) is 0 Å². The first-order valence-electron chi connectivity index (χ1n) is 3.49. The maximum absolute atomic E-state index is 12.6. The van der Waals surface area contributed by atoms with Crippen LogP contribution in [0.2, 0.25) is 0 Å². The highest BCUT2D eigenvalue weighted by Gasteiger charge is 2.04. The molecule has 0 aliphatic rings. The molecule has 0 aliphatic carbocycles. The Balaban J connectivity index is 3.48. The van der Waals surface area contributed by atoms with Crippen molar-refractivity contribution in [2.45, 2.75) is 33.4 Å². The second-order valence-corrected chi connectivity index (χ2v) is 2.52. The van der Waals surface area contributed by atoms with E-state index in [9.17, 15) is 4.39 Å². The summed E-state index contributed by atoms with van der Waals surface area (Å²) in [6.07, 6.45) is 3.66. The zero-order valence-corrected chi connectivity index (χ0v) is 6.39. The van der Waals surface area contributed by atoms with Crippen LogP contribution in [0.3, 0.4) is 0 Å². The number of hydrogen-bond donors (Lipinski definition) is 0. The maximum Gasteiger partial charge on any atom is 0.121 e. The second kappa shape index (κ2) is 4.54. The quantitative estimate of drug-likeness (QED) is 0.515. The fourth-order valence-corrected chi connectivity index (χ4v) is 0.488. The second-order valence-electron chi connectivity index (χ2n) is 2.52. The van der Waals surface area contributed by atoms with Crippen LogP contribution in [-0.2, 0) is 0 Å². The Labute approximate surface area is 56.8 Å². The zero-order valence-electron chi connectivity index (χ0n) is 6.39. The molecule has 0 aromatic carbocycles. The summed E-state index contributed by atoms with van der Waals surface area (Å²) in [5.41, 5.74) is 0. The minimum absolute atomic E-state index is 0.118. The lowest BCUT2D eigenvalue weighted by molar-refractivity contribution is 0.314. The van der Waals surface area contributed by atoms with Gasteiger partial charge in [-0.05, 0) is 12.3 Å². The third-order valence-electron chi connectivity index (χ3n) is 1.19. The van der Waals surface area contributed by atoms with E-state index in [0.29, 0.717) is 0 Å². The third-order valence-corrected chi connectivity index (χ3v) is 1.19. The van der Waals surface area contributed by atoms with Gasteiger partial charge < -0.3 is 0 Å². The van der Waals surface area contributed by atoms with Crippen molar-refractivity contribution in [1.29, 1.82) is 0 Å². The van der Waals surface area contributed by atoms with Crippen molar-refractivity contribution >= 4 is 0 Å². The fourth-order valence-electron chi connectivity index (χ4n) is 0.488. The van der Waals surface area contributed by atoms with Gasteiger partial charge in [0.1, 0.15) is 6.17 Å². The van der Waals surface area contributed by atoms with Crippen LogP contribution in [0.4, 0.5) is 4.39 Å². The minimum atomic E-state index is -0.759. The van der Waals surface area contributed by atoms with Gasteiger partial charge in [-0.15, -0.1) is 0 Å². The van der Waals surface area contributed by atoms with Crippen LogP contribution < -0.4 is 0 Å². The highest BCUT2D eigenvalue weighted by atomic mass is 19.1. The average Bonchev–Trinajstić information content (AvgIpc) is 1.82. The molecule has 0 amide bonds. The van der Waals surface area contributed by atoms with E-state index < -0.39 is 6.17 Å². The number of allylic oxidation sites excluding steroid dienone is 2. The molecule has 0 fully saturated rings. The summed E-state index contributed by atoms with van der Waals surface area (Å²) < 4.78 is 12.6. The lowest BCUT2D eigenvalue weighted by atomic mass is 10.1. The SMILES string of the molecule is CC/C=C/C(F)C(C)C. The normalized spacial score (nSPS) is 15.2. The van der Waals surface area contributed by atoms with E-state index in [-0.39, 0.29) is 5.92 Å². The summed E-state index contributed by atoms with van der Waals surface area (Å²) in [4.78, 5) is 0. The summed E-state index contributed by atoms with van der Waals surface area (Å²) in [6.45, 7) is 5.76. The van der Waals surface area contributed by atoms with Crippen LogP contribution in [0.5, 0.6) is 0 Å². The van der Waals surface area contributed by atoms with Gasteiger partial charge in [-0.3, -0.25) is 0 Å². The van der Waals surface area contributed by atoms with Gasteiger partial charge in [-0.1, -0.05) is 32.9 Å². The average molecular weight is 130 g/mol. The first-order chi connectivity index (χ1) is 4.18. The molecule has 0 nitrogen and oxygen atoms in total. The Kier molecular flexibility index (Phi) is 4.37. The number of hydrogen-bond acceptors (Lipinski definition) is 0. The van der Waals surface area contributed by atoms with E-state index in [4.69, 9.17) is 0 Å². The van der Waals surface area contributed by atoms with Crippen molar-refractivity contribution in [2.75, 3.05) is 0 Å².